The van der Waals surface area contributed by atoms with E-state index in [1.54, 1.807) is 6.20 Å². The fourth-order valence-electron chi connectivity index (χ4n) is 2.33. The average Bonchev–Trinajstić information content (AvgIpc) is 2.97. The Morgan fingerprint density at radius 2 is 2.05 bits per heavy atom. The third-order valence-electron chi connectivity index (χ3n) is 3.40. The van der Waals surface area contributed by atoms with Crippen molar-refractivity contribution in [1.29, 1.82) is 0 Å². The summed E-state index contributed by atoms with van der Waals surface area (Å²) in [5.74, 6) is -0.301. The van der Waals surface area contributed by atoms with Crippen LogP contribution in [0.25, 0.3) is 10.9 Å². The van der Waals surface area contributed by atoms with E-state index in [1.165, 1.54) is 12.8 Å². The number of esters is 1. The second kappa shape index (κ2) is 5.36. The number of rotatable bonds is 3. The maximum absolute atomic E-state index is 12.0. The quantitative estimate of drug-likeness (QED) is 0.791. The molecule has 98 valence electrons. The van der Waals surface area contributed by atoms with Crippen LogP contribution in [0.3, 0.4) is 0 Å². The number of likely N-dealkylation sites (tertiary alicyclic amines) is 1. The number of nitrogens with zero attached hydrogens (tertiary/aromatic N) is 2. The lowest BCUT2D eigenvalue weighted by Crippen LogP contribution is -2.24. The normalized spacial score (nSPS) is 15.8. The number of fused-ring (bicyclic) bond motifs is 1. The topological polar surface area (TPSA) is 42.4 Å². The Hall–Kier alpha value is -1.94. The van der Waals surface area contributed by atoms with Crippen molar-refractivity contribution in [2.75, 3.05) is 19.8 Å². The number of ether oxygens (including phenoxy) is 1. The van der Waals surface area contributed by atoms with Crippen LogP contribution in [0.4, 0.5) is 0 Å². The summed E-state index contributed by atoms with van der Waals surface area (Å²) >= 11 is 0. The highest BCUT2D eigenvalue weighted by molar-refractivity contribution is 5.93. The monoisotopic (exact) mass is 256 g/mol. The van der Waals surface area contributed by atoms with Crippen molar-refractivity contribution in [3.63, 3.8) is 0 Å². The maximum atomic E-state index is 12.0. The molecule has 0 spiro atoms. The highest BCUT2D eigenvalue weighted by Crippen LogP contribution is 2.14. The van der Waals surface area contributed by atoms with Crippen LogP contribution < -0.4 is 0 Å². The Balaban J connectivity index is 1.70. The Bertz CT molecular complexity index is 591. The molecule has 1 saturated heterocycles. The van der Waals surface area contributed by atoms with Crippen molar-refractivity contribution in [2.24, 2.45) is 0 Å². The van der Waals surface area contributed by atoms with E-state index in [9.17, 15) is 4.79 Å². The third-order valence-corrected chi connectivity index (χ3v) is 3.40. The van der Waals surface area contributed by atoms with Gasteiger partial charge in [0.15, 0.2) is 0 Å². The van der Waals surface area contributed by atoms with E-state index in [0.29, 0.717) is 12.3 Å². The van der Waals surface area contributed by atoms with Gasteiger partial charge in [-0.25, -0.2) is 4.79 Å². The molecule has 0 atom stereocenters. The van der Waals surface area contributed by atoms with Crippen LogP contribution >= 0.6 is 0 Å². The van der Waals surface area contributed by atoms with E-state index in [-0.39, 0.29) is 5.97 Å². The number of benzene rings is 1. The average molecular weight is 256 g/mol. The molecule has 3 rings (SSSR count). The van der Waals surface area contributed by atoms with Gasteiger partial charge >= 0.3 is 5.97 Å². The van der Waals surface area contributed by atoms with Gasteiger partial charge < -0.3 is 4.74 Å². The number of hydrogen-bond acceptors (Lipinski definition) is 4. The van der Waals surface area contributed by atoms with E-state index in [4.69, 9.17) is 4.74 Å². The zero-order valence-corrected chi connectivity index (χ0v) is 10.7. The summed E-state index contributed by atoms with van der Waals surface area (Å²) in [6, 6.07) is 9.56. The first-order chi connectivity index (χ1) is 9.33. The first-order valence-electron chi connectivity index (χ1n) is 6.57. The van der Waals surface area contributed by atoms with Crippen LogP contribution in [0, 0.1) is 0 Å². The fraction of sp³-hybridized carbons (Fsp3) is 0.333. The van der Waals surface area contributed by atoms with Crippen molar-refractivity contribution in [3.05, 3.63) is 42.1 Å². The van der Waals surface area contributed by atoms with Gasteiger partial charge in [-0.05, 0) is 25.0 Å². The Labute approximate surface area is 112 Å². The maximum Gasteiger partial charge on any atom is 0.341 e. The number of para-hydroxylation sites is 1. The van der Waals surface area contributed by atoms with Crippen LogP contribution in [-0.2, 0) is 4.74 Å². The molecule has 0 radical (unpaired) electrons. The lowest BCUT2D eigenvalue weighted by Gasteiger charge is -2.14. The van der Waals surface area contributed by atoms with E-state index in [0.717, 1.165) is 24.0 Å². The van der Waals surface area contributed by atoms with Gasteiger partial charge in [-0.1, -0.05) is 18.2 Å². The van der Waals surface area contributed by atoms with Gasteiger partial charge in [-0.15, -0.1) is 0 Å². The Morgan fingerprint density at radius 1 is 1.26 bits per heavy atom. The van der Waals surface area contributed by atoms with Crippen LogP contribution in [0.1, 0.15) is 23.2 Å². The minimum Gasteiger partial charge on any atom is -0.446 e. The molecule has 0 unspecified atom stereocenters. The number of hydrogen-bond donors (Lipinski definition) is 0. The second-order valence-corrected chi connectivity index (χ2v) is 4.80. The minimum atomic E-state index is -0.301. The molecule has 1 aromatic carbocycles. The highest BCUT2D eigenvalue weighted by atomic mass is 16.5. The van der Waals surface area contributed by atoms with Crippen LogP contribution in [-0.4, -0.2) is 35.7 Å². The molecule has 2 aromatic rings. The van der Waals surface area contributed by atoms with Crippen LogP contribution in [0.2, 0.25) is 0 Å². The number of aromatic nitrogens is 1. The van der Waals surface area contributed by atoms with Gasteiger partial charge in [0.2, 0.25) is 0 Å². The van der Waals surface area contributed by atoms with Crippen molar-refractivity contribution in [1.82, 2.24) is 9.88 Å². The van der Waals surface area contributed by atoms with E-state index in [1.807, 2.05) is 30.3 Å². The summed E-state index contributed by atoms with van der Waals surface area (Å²) in [6.07, 6.45) is 3.96. The van der Waals surface area contributed by atoms with Gasteiger partial charge in [0, 0.05) is 24.7 Å². The second-order valence-electron chi connectivity index (χ2n) is 4.80. The predicted octanol–water partition coefficient (Wildman–Crippen LogP) is 2.44. The molecule has 1 aliphatic rings. The van der Waals surface area contributed by atoms with Gasteiger partial charge in [0.25, 0.3) is 0 Å². The summed E-state index contributed by atoms with van der Waals surface area (Å²) < 4.78 is 5.31. The van der Waals surface area contributed by atoms with E-state index >= 15 is 0 Å². The SMILES string of the molecule is O=C(OCN1CCCC1)c1cnc2ccccc2c1. The molecule has 0 bridgehead atoms. The molecular formula is C15H16N2O2. The van der Waals surface area contributed by atoms with Gasteiger partial charge in [-0.3, -0.25) is 9.88 Å². The summed E-state index contributed by atoms with van der Waals surface area (Å²) in [4.78, 5) is 18.4. The van der Waals surface area contributed by atoms with Crippen LogP contribution in [0.15, 0.2) is 36.5 Å². The first-order valence-corrected chi connectivity index (χ1v) is 6.57. The molecule has 0 saturated carbocycles. The molecule has 4 heteroatoms. The third kappa shape index (κ3) is 2.74. The lowest BCUT2D eigenvalue weighted by atomic mass is 10.2. The summed E-state index contributed by atoms with van der Waals surface area (Å²) in [5, 5.41) is 0.957. The van der Waals surface area contributed by atoms with Crippen molar-refractivity contribution >= 4 is 16.9 Å². The van der Waals surface area contributed by atoms with E-state index < -0.39 is 0 Å². The summed E-state index contributed by atoms with van der Waals surface area (Å²) in [5.41, 5.74) is 1.40. The number of pyridine rings is 1. The Kier molecular flexibility index (Phi) is 3.42. The van der Waals surface area contributed by atoms with Crippen LogP contribution in [0.5, 0.6) is 0 Å². The molecular weight excluding hydrogens is 240 g/mol. The molecule has 19 heavy (non-hydrogen) atoms. The molecule has 0 amide bonds. The number of carbonyl (C=O) groups excluding carboxylic acids is 1. The standard InChI is InChI=1S/C15H16N2O2/c18-15(19-11-17-7-3-4-8-17)13-9-12-5-1-2-6-14(12)16-10-13/h1-2,5-6,9-10H,3-4,7-8,11H2. The van der Waals surface area contributed by atoms with Crippen molar-refractivity contribution in [2.45, 2.75) is 12.8 Å². The predicted molar refractivity (Wildman–Crippen MR) is 72.8 cm³/mol. The summed E-state index contributed by atoms with van der Waals surface area (Å²) in [7, 11) is 0. The molecule has 0 aliphatic carbocycles. The highest BCUT2D eigenvalue weighted by Gasteiger charge is 2.14. The molecule has 1 aromatic heterocycles. The molecule has 1 fully saturated rings. The van der Waals surface area contributed by atoms with Crippen molar-refractivity contribution in [3.8, 4) is 0 Å². The lowest BCUT2D eigenvalue weighted by molar-refractivity contribution is 0.0269. The van der Waals surface area contributed by atoms with Gasteiger partial charge in [0.05, 0.1) is 11.1 Å². The molecule has 1 aliphatic heterocycles. The van der Waals surface area contributed by atoms with E-state index in [2.05, 4.69) is 9.88 Å². The zero-order chi connectivity index (χ0) is 13.1. The minimum absolute atomic E-state index is 0.301. The van der Waals surface area contributed by atoms with Gasteiger partial charge in [-0.2, -0.15) is 0 Å². The summed E-state index contributed by atoms with van der Waals surface area (Å²) in [6.45, 7) is 2.41. The molecule has 4 nitrogen and oxygen atoms in total. The first kappa shape index (κ1) is 12.1. The largest absolute Gasteiger partial charge is 0.446 e. The molecule has 0 N–H and O–H groups in total. The Morgan fingerprint density at radius 3 is 2.89 bits per heavy atom. The van der Waals surface area contributed by atoms with Crippen molar-refractivity contribution < 1.29 is 9.53 Å². The molecule has 2 heterocycles. The zero-order valence-electron chi connectivity index (χ0n) is 10.7. The number of carbonyl (C=O) groups is 1. The van der Waals surface area contributed by atoms with Gasteiger partial charge in [0.1, 0.15) is 6.73 Å². The smallest absolute Gasteiger partial charge is 0.341 e. The fourth-order valence-corrected chi connectivity index (χ4v) is 2.33.